The Morgan fingerprint density at radius 3 is 1.95 bits per heavy atom. The number of amides is 2. The molecule has 3 N–H and O–H groups in total. The number of nitrogens with one attached hydrogen (secondary N) is 3. The van der Waals surface area contributed by atoms with Crippen LogP contribution in [-0.2, 0) is 22.6 Å². The highest BCUT2D eigenvalue weighted by molar-refractivity contribution is 5.99. The van der Waals surface area contributed by atoms with E-state index in [1.165, 1.54) is 11.1 Å². The molecule has 0 bridgehead atoms. The number of aromatic nitrogens is 3. The summed E-state index contributed by atoms with van der Waals surface area (Å²) in [6.07, 6.45) is 0. The molecule has 6 rings (SSSR count). The van der Waals surface area contributed by atoms with Crippen LogP contribution < -0.4 is 25.8 Å². The van der Waals surface area contributed by atoms with E-state index in [2.05, 4.69) is 25.8 Å². The first-order valence-electron chi connectivity index (χ1n) is 12.6. The lowest BCUT2D eigenvalue weighted by Gasteiger charge is -2.30. The van der Waals surface area contributed by atoms with Gasteiger partial charge in [0, 0.05) is 56.2 Å². The molecule has 0 radical (unpaired) electrons. The molecule has 0 unspecified atom stereocenters. The number of ether oxygens (including phenoxy) is 2. The summed E-state index contributed by atoms with van der Waals surface area (Å²) in [4.78, 5) is 31.2. The third-order valence-corrected chi connectivity index (χ3v) is 6.70. The van der Waals surface area contributed by atoms with Crippen molar-refractivity contribution in [2.75, 3.05) is 73.0 Å². The SMILES string of the molecule is O=C(Nc1ccc(-c2nc(N3CCOCC3)nc(N3CCOCC3)n2)cc1)Nc1ccc2c(c1)CNC2. The monoisotopic (exact) mass is 502 g/mol. The molecule has 4 heterocycles. The van der Waals surface area contributed by atoms with Gasteiger partial charge in [-0.15, -0.1) is 0 Å². The van der Waals surface area contributed by atoms with Crippen LogP contribution in [0.2, 0.25) is 0 Å². The molecule has 0 aliphatic carbocycles. The zero-order chi connectivity index (χ0) is 25.0. The van der Waals surface area contributed by atoms with Crippen LogP contribution in [0, 0.1) is 0 Å². The smallest absolute Gasteiger partial charge is 0.323 e. The molecule has 3 aliphatic rings. The van der Waals surface area contributed by atoms with Crippen LogP contribution in [0.3, 0.4) is 0 Å². The highest BCUT2D eigenvalue weighted by Crippen LogP contribution is 2.25. The van der Waals surface area contributed by atoms with Crippen molar-refractivity contribution in [2.45, 2.75) is 13.1 Å². The molecule has 37 heavy (non-hydrogen) atoms. The summed E-state index contributed by atoms with van der Waals surface area (Å²) < 4.78 is 11.0. The Kier molecular flexibility index (Phi) is 6.80. The molecule has 2 aromatic carbocycles. The Morgan fingerprint density at radius 2 is 1.30 bits per heavy atom. The molecule has 0 atom stereocenters. The zero-order valence-electron chi connectivity index (χ0n) is 20.6. The number of rotatable bonds is 5. The Balaban J connectivity index is 1.18. The average Bonchev–Trinajstić information content (AvgIpc) is 3.42. The van der Waals surface area contributed by atoms with Gasteiger partial charge in [0.25, 0.3) is 0 Å². The predicted octanol–water partition coefficient (Wildman–Crippen LogP) is 2.46. The third kappa shape index (κ3) is 5.48. The highest BCUT2D eigenvalue weighted by atomic mass is 16.5. The van der Waals surface area contributed by atoms with Crippen LogP contribution in [0.15, 0.2) is 42.5 Å². The van der Waals surface area contributed by atoms with E-state index in [1.807, 2.05) is 42.5 Å². The topological polar surface area (TPSA) is 117 Å². The van der Waals surface area contributed by atoms with Gasteiger partial charge in [-0.1, -0.05) is 6.07 Å². The zero-order valence-corrected chi connectivity index (χ0v) is 20.6. The van der Waals surface area contributed by atoms with Crippen molar-refractivity contribution in [3.8, 4) is 11.4 Å². The number of nitrogens with zero attached hydrogens (tertiary/aromatic N) is 5. The van der Waals surface area contributed by atoms with Gasteiger partial charge in [0.05, 0.1) is 26.4 Å². The van der Waals surface area contributed by atoms with E-state index in [0.29, 0.717) is 49.8 Å². The second kappa shape index (κ2) is 10.7. The lowest BCUT2D eigenvalue weighted by molar-refractivity contribution is 0.121. The van der Waals surface area contributed by atoms with Gasteiger partial charge in [0.15, 0.2) is 5.82 Å². The van der Waals surface area contributed by atoms with Crippen LogP contribution in [0.5, 0.6) is 0 Å². The van der Waals surface area contributed by atoms with E-state index in [1.54, 1.807) is 0 Å². The number of morpholine rings is 2. The van der Waals surface area contributed by atoms with Crippen molar-refractivity contribution in [1.29, 1.82) is 0 Å². The Labute approximate surface area is 215 Å². The highest BCUT2D eigenvalue weighted by Gasteiger charge is 2.21. The minimum atomic E-state index is -0.289. The number of carbonyl (C=O) groups excluding carboxylic acids is 1. The number of fused-ring (bicyclic) bond motifs is 1. The predicted molar refractivity (Wildman–Crippen MR) is 141 cm³/mol. The van der Waals surface area contributed by atoms with Crippen molar-refractivity contribution in [1.82, 2.24) is 20.3 Å². The van der Waals surface area contributed by atoms with E-state index in [0.717, 1.165) is 50.5 Å². The summed E-state index contributed by atoms with van der Waals surface area (Å²) in [6.45, 7) is 7.27. The summed E-state index contributed by atoms with van der Waals surface area (Å²) in [7, 11) is 0. The summed E-state index contributed by atoms with van der Waals surface area (Å²) in [5.41, 5.74) is 4.79. The molecule has 11 nitrogen and oxygen atoms in total. The second-order valence-electron chi connectivity index (χ2n) is 9.20. The van der Waals surface area contributed by atoms with E-state index < -0.39 is 0 Å². The first kappa shape index (κ1) is 23.6. The molecule has 1 aromatic heterocycles. The van der Waals surface area contributed by atoms with Crippen LogP contribution in [-0.4, -0.2) is 73.6 Å². The van der Waals surface area contributed by atoms with Gasteiger partial charge in [0.1, 0.15) is 0 Å². The quantitative estimate of drug-likeness (QED) is 0.484. The lowest BCUT2D eigenvalue weighted by Crippen LogP contribution is -2.40. The van der Waals surface area contributed by atoms with Crippen LogP contribution in [0.1, 0.15) is 11.1 Å². The maximum atomic E-state index is 12.6. The summed E-state index contributed by atoms with van der Waals surface area (Å²) >= 11 is 0. The van der Waals surface area contributed by atoms with Crippen LogP contribution >= 0.6 is 0 Å². The molecule has 2 saturated heterocycles. The summed E-state index contributed by atoms with van der Waals surface area (Å²) in [6, 6.07) is 13.2. The van der Waals surface area contributed by atoms with E-state index in [4.69, 9.17) is 24.4 Å². The van der Waals surface area contributed by atoms with E-state index >= 15 is 0 Å². The lowest BCUT2D eigenvalue weighted by atomic mass is 10.1. The van der Waals surface area contributed by atoms with Gasteiger partial charge in [-0.05, 0) is 47.5 Å². The van der Waals surface area contributed by atoms with Crippen LogP contribution in [0.4, 0.5) is 28.1 Å². The first-order chi connectivity index (χ1) is 18.2. The van der Waals surface area contributed by atoms with E-state index in [-0.39, 0.29) is 6.03 Å². The molecule has 0 spiro atoms. The molecule has 3 aliphatic heterocycles. The molecule has 2 amide bonds. The Hall–Kier alpha value is -3.80. The second-order valence-corrected chi connectivity index (χ2v) is 9.20. The molecule has 192 valence electrons. The van der Waals surface area contributed by atoms with Gasteiger partial charge >= 0.3 is 6.03 Å². The maximum Gasteiger partial charge on any atom is 0.323 e. The number of hydrogen-bond acceptors (Lipinski definition) is 9. The Bertz CT molecular complexity index is 1220. The van der Waals surface area contributed by atoms with Gasteiger partial charge in [-0.3, -0.25) is 0 Å². The fourth-order valence-corrected chi connectivity index (χ4v) is 4.66. The number of carbonyl (C=O) groups is 1. The van der Waals surface area contributed by atoms with Gasteiger partial charge in [-0.25, -0.2) is 4.79 Å². The standard InChI is InChI=1S/C26H30N8O3/c35-26(29-22-6-3-19-16-27-17-20(19)15-22)28-21-4-1-18(2-5-21)23-30-24(33-7-11-36-12-8-33)32-25(31-23)34-9-13-37-14-10-34/h1-6,15,27H,7-14,16-17H2,(H2,28,29,35). The minimum Gasteiger partial charge on any atom is -0.378 e. The van der Waals surface area contributed by atoms with Crippen molar-refractivity contribution >= 4 is 29.3 Å². The van der Waals surface area contributed by atoms with Crippen molar-refractivity contribution in [2.24, 2.45) is 0 Å². The number of hydrogen-bond donors (Lipinski definition) is 3. The van der Waals surface area contributed by atoms with Gasteiger partial charge in [-0.2, -0.15) is 15.0 Å². The number of urea groups is 1. The maximum absolute atomic E-state index is 12.6. The largest absolute Gasteiger partial charge is 0.378 e. The van der Waals surface area contributed by atoms with E-state index in [9.17, 15) is 4.79 Å². The fourth-order valence-electron chi connectivity index (χ4n) is 4.66. The summed E-state index contributed by atoms with van der Waals surface area (Å²) in [5, 5.41) is 9.12. The average molecular weight is 503 g/mol. The Morgan fingerprint density at radius 1 is 0.730 bits per heavy atom. The van der Waals surface area contributed by atoms with Gasteiger partial charge < -0.3 is 35.2 Å². The molecule has 11 heteroatoms. The summed E-state index contributed by atoms with van der Waals surface area (Å²) in [5.74, 6) is 1.91. The van der Waals surface area contributed by atoms with Crippen molar-refractivity contribution in [3.63, 3.8) is 0 Å². The molecular formula is C26H30N8O3. The van der Waals surface area contributed by atoms with Gasteiger partial charge in [0.2, 0.25) is 11.9 Å². The molecule has 2 fully saturated rings. The number of benzene rings is 2. The molecule has 3 aromatic rings. The minimum absolute atomic E-state index is 0.289. The van der Waals surface area contributed by atoms with Crippen LogP contribution in [0.25, 0.3) is 11.4 Å². The molecule has 0 saturated carbocycles. The van der Waals surface area contributed by atoms with Crippen molar-refractivity contribution < 1.29 is 14.3 Å². The third-order valence-electron chi connectivity index (χ3n) is 6.70. The number of anilines is 4. The normalized spacial score (nSPS) is 17.4. The van der Waals surface area contributed by atoms with Crippen molar-refractivity contribution in [3.05, 3.63) is 53.6 Å². The fraction of sp³-hybridized carbons (Fsp3) is 0.385. The molecular weight excluding hydrogens is 472 g/mol. The first-order valence-corrected chi connectivity index (χ1v) is 12.6.